The lowest BCUT2D eigenvalue weighted by atomic mass is 10.1. The van der Waals surface area contributed by atoms with Crippen LogP contribution in [0.5, 0.6) is 0 Å². The van der Waals surface area contributed by atoms with Crippen LogP contribution in [0.3, 0.4) is 0 Å². The van der Waals surface area contributed by atoms with Gasteiger partial charge < -0.3 is 20.6 Å². The van der Waals surface area contributed by atoms with Crippen LogP contribution in [0.1, 0.15) is 6.42 Å². The summed E-state index contributed by atoms with van der Waals surface area (Å²) in [6.45, 7) is 1.44. The number of anilines is 3. The number of nitrogens with one attached hydrogen (secondary N) is 2. The van der Waals surface area contributed by atoms with Gasteiger partial charge >= 0.3 is 0 Å². The average molecular weight is 468 g/mol. The molecule has 1 aliphatic rings. The van der Waals surface area contributed by atoms with Crippen molar-refractivity contribution >= 4 is 69.6 Å². The van der Waals surface area contributed by atoms with Crippen LogP contribution in [0.4, 0.5) is 17.2 Å². The molecule has 1 aromatic heterocycles. The van der Waals surface area contributed by atoms with Crippen molar-refractivity contribution in [3.8, 4) is 0 Å². The molecule has 30 heavy (non-hydrogen) atoms. The van der Waals surface area contributed by atoms with Crippen LogP contribution in [0, 0.1) is 0 Å². The Labute approximate surface area is 190 Å². The van der Waals surface area contributed by atoms with Crippen molar-refractivity contribution in [3.05, 3.63) is 58.6 Å². The molecule has 1 fully saturated rings. The highest BCUT2D eigenvalue weighted by molar-refractivity contribution is 6.35. The summed E-state index contributed by atoms with van der Waals surface area (Å²) in [4.78, 5) is 19.2. The lowest BCUT2D eigenvalue weighted by Gasteiger charge is -2.18. The number of fused-ring (bicyclic) bond motifs is 1. The lowest BCUT2D eigenvalue weighted by molar-refractivity contribution is -0.114. The normalized spacial score (nSPS) is 15.7. The molecule has 3 N–H and O–H groups in total. The van der Waals surface area contributed by atoms with Crippen molar-refractivity contribution in [2.45, 2.75) is 12.5 Å². The van der Waals surface area contributed by atoms with Crippen molar-refractivity contribution in [3.63, 3.8) is 0 Å². The predicted molar refractivity (Wildman–Crippen MR) is 125 cm³/mol. The van der Waals surface area contributed by atoms with Gasteiger partial charge in [-0.3, -0.25) is 4.79 Å². The molecule has 1 amide bonds. The zero-order valence-electron chi connectivity index (χ0n) is 15.9. The van der Waals surface area contributed by atoms with E-state index >= 15 is 0 Å². The first-order chi connectivity index (χ1) is 14.0. The van der Waals surface area contributed by atoms with Gasteiger partial charge in [0.25, 0.3) is 0 Å². The van der Waals surface area contributed by atoms with Crippen LogP contribution >= 0.6 is 35.6 Å². The van der Waals surface area contributed by atoms with Crippen LogP contribution in [-0.2, 0) is 4.79 Å². The van der Waals surface area contributed by atoms with Crippen LogP contribution in [0.2, 0.25) is 10.0 Å². The number of pyridine rings is 1. The minimum Gasteiger partial charge on any atom is -0.391 e. The summed E-state index contributed by atoms with van der Waals surface area (Å²) >= 11 is 12.2. The first-order valence-corrected chi connectivity index (χ1v) is 10.1. The fraction of sp³-hybridized carbons (Fsp3) is 0.238. The largest absolute Gasteiger partial charge is 0.391 e. The first-order valence-electron chi connectivity index (χ1n) is 9.31. The number of aliphatic hydroxyl groups is 1. The number of hydrogen-bond acceptors (Lipinski definition) is 5. The van der Waals surface area contributed by atoms with E-state index in [0.717, 1.165) is 35.4 Å². The standard InChI is InChI=1S/C21H20Cl2N4O2.ClH/c22-13-1-3-14(4-2-13)24-11-20(29)26-21-16-5-8-19(27-10-9-15(28)12-27)25-18(16)7-6-17(21)23;/h1-8,15,24,28H,9-12H2,(H,26,29);1H/t15-;/m1./s1. The fourth-order valence-electron chi connectivity index (χ4n) is 3.35. The Morgan fingerprint density at radius 2 is 1.90 bits per heavy atom. The predicted octanol–water partition coefficient (Wildman–Crippen LogP) is 4.59. The summed E-state index contributed by atoms with van der Waals surface area (Å²) in [5, 5.41) is 17.5. The molecule has 2 aromatic carbocycles. The lowest BCUT2D eigenvalue weighted by Crippen LogP contribution is -2.23. The third-order valence-electron chi connectivity index (χ3n) is 4.85. The smallest absolute Gasteiger partial charge is 0.243 e. The van der Waals surface area contributed by atoms with Gasteiger partial charge in [0.1, 0.15) is 5.82 Å². The van der Waals surface area contributed by atoms with Gasteiger partial charge in [0, 0.05) is 29.2 Å². The number of rotatable bonds is 5. The maximum absolute atomic E-state index is 12.4. The molecular weight excluding hydrogens is 447 g/mol. The number of benzene rings is 2. The number of hydrogen-bond donors (Lipinski definition) is 3. The number of amides is 1. The topological polar surface area (TPSA) is 77.5 Å². The molecule has 1 atom stereocenters. The maximum atomic E-state index is 12.4. The Kier molecular flexibility index (Phi) is 7.26. The molecule has 0 aliphatic carbocycles. The molecule has 158 valence electrons. The summed E-state index contributed by atoms with van der Waals surface area (Å²) in [5.74, 6) is 0.583. The van der Waals surface area contributed by atoms with E-state index < -0.39 is 0 Å². The molecule has 0 saturated carbocycles. The SMILES string of the molecule is Cl.O=C(CNc1ccc(Cl)cc1)Nc1c(Cl)ccc2nc(N3CC[C@@H](O)C3)ccc12. The second kappa shape index (κ2) is 9.71. The highest BCUT2D eigenvalue weighted by Crippen LogP contribution is 2.32. The summed E-state index contributed by atoms with van der Waals surface area (Å²) in [6.07, 6.45) is 0.420. The van der Waals surface area contributed by atoms with Crippen molar-refractivity contribution in [1.29, 1.82) is 0 Å². The Hall–Kier alpha value is -2.25. The number of halogens is 3. The van der Waals surface area contributed by atoms with Gasteiger partial charge in [-0.15, -0.1) is 12.4 Å². The van der Waals surface area contributed by atoms with Crippen LogP contribution in [-0.4, -0.2) is 41.7 Å². The van der Waals surface area contributed by atoms with Crippen LogP contribution in [0.25, 0.3) is 10.9 Å². The van der Waals surface area contributed by atoms with Crippen molar-refractivity contribution in [2.24, 2.45) is 0 Å². The van der Waals surface area contributed by atoms with Crippen molar-refractivity contribution in [2.75, 3.05) is 35.2 Å². The van der Waals surface area contributed by atoms with E-state index in [1.807, 2.05) is 23.1 Å². The van der Waals surface area contributed by atoms with Gasteiger partial charge in [-0.25, -0.2) is 4.98 Å². The number of aliphatic hydroxyl groups excluding tert-OH is 1. The van der Waals surface area contributed by atoms with E-state index in [0.29, 0.717) is 22.3 Å². The van der Waals surface area contributed by atoms with Gasteiger partial charge in [0.15, 0.2) is 0 Å². The molecule has 1 saturated heterocycles. The van der Waals surface area contributed by atoms with Gasteiger partial charge in [0.2, 0.25) is 5.91 Å². The minimum absolute atomic E-state index is 0. The van der Waals surface area contributed by atoms with E-state index in [1.54, 1.807) is 30.3 Å². The zero-order chi connectivity index (χ0) is 20.4. The quantitative estimate of drug-likeness (QED) is 0.512. The molecular formula is C21H21Cl3N4O2. The molecule has 0 bridgehead atoms. The maximum Gasteiger partial charge on any atom is 0.243 e. The molecule has 9 heteroatoms. The molecule has 2 heterocycles. The molecule has 6 nitrogen and oxygen atoms in total. The summed E-state index contributed by atoms with van der Waals surface area (Å²) in [6, 6.07) is 14.5. The minimum atomic E-state index is -0.319. The number of nitrogens with zero attached hydrogens (tertiary/aromatic N) is 2. The molecule has 3 aromatic rings. The third kappa shape index (κ3) is 5.08. The Morgan fingerprint density at radius 1 is 1.13 bits per heavy atom. The highest BCUT2D eigenvalue weighted by atomic mass is 35.5. The summed E-state index contributed by atoms with van der Waals surface area (Å²) in [5.41, 5.74) is 2.06. The van der Waals surface area contributed by atoms with Gasteiger partial charge in [-0.05, 0) is 55.0 Å². The second-order valence-corrected chi connectivity index (χ2v) is 7.80. The number of carbonyl (C=O) groups is 1. The first kappa shape index (κ1) is 22.4. The monoisotopic (exact) mass is 466 g/mol. The fourth-order valence-corrected chi connectivity index (χ4v) is 3.69. The van der Waals surface area contributed by atoms with E-state index in [4.69, 9.17) is 23.2 Å². The Bertz CT molecular complexity index is 1050. The summed E-state index contributed by atoms with van der Waals surface area (Å²) < 4.78 is 0. The molecule has 0 radical (unpaired) electrons. The van der Waals surface area contributed by atoms with Gasteiger partial charge in [-0.2, -0.15) is 0 Å². The number of aromatic nitrogens is 1. The van der Waals surface area contributed by atoms with E-state index in [1.165, 1.54) is 0 Å². The average Bonchev–Trinajstić information content (AvgIpc) is 3.16. The van der Waals surface area contributed by atoms with Crippen LogP contribution < -0.4 is 15.5 Å². The molecule has 4 rings (SSSR count). The summed E-state index contributed by atoms with van der Waals surface area (Å²) in [7, 11) is 0. The highest BCUT2D eigenvalue weighted by Gasteiger charge is 2.22. The second-order valence-electron chi connectivity index (χ2n) is 6.96. The van der Waals surface area contributed by atoms with Crippen LogP contribution in [0.15, 0.2) is 48.5 Å². The van der Waals surface area contributed by atoms with Crippen molar-refractivity contribution in [1.82, 2.24) is 4.98 Å². The number of β-amino-alcohol motifs (C(OH)–C–C–N with tert-alkyl or cyclic N) is 1. The Morgan fingerprint density at radius 3 is 2.60 bits per heavy atom. The van der Waals surface area contributed by atoms with Gasteiger partial charge in [-0.1, -0.05) is 23.2 Å². The molecule has 1 aliphatic heterocycles. The zero-order valence-corrected chi connectivity index (χ0v) is 18.3. The van der Waals surface area contributed by atoms with Crippen molar-refractivity contribution < 1.29 is 9.90 Å². The van der Waals surface area contributed by atoms with E-state index in [9.17, 15) is 9.90 Å². The van der Waals surface area contributed by atoms with Gasteiger partial charge in [0.05, 0.1) is 28.9 Å². The third-order valence-corrected chi connectivity index (χ3v) is 5.42. The number of carbonyl (C=O) groups excluding carboxylic acids is 1. The van der Waals surface area contributed by atoms with E-state index in [2.05, 4.69) is 15.6 Å². The van der Waals surface area contributed by atoms with E-state index in [-0.39, 0.29) is 31.0 Å². The molecule has 0 unspecified atom stereocenters. The molecule has 0 spiro atoms. The Balaban J connectivity index is 0.00000256.